The molecule has 1 saturated carbocycles. The lowest BCUT2D eigenvalue weighted by Crippen LogP contribution is -2.36. The summed E-state index contributed by atoms with van der Waals surface area (Å²) in [6.45, 7) is 2.22. The predicted octanol–water partition coefficient (Wildman–Crippen LogP) is 3.88. The van der Waals surface area contributed by atoms with Crippen LogP contribution in [0.25, 0.3) is 0 Å². The van der Waals surface area contributed by atoms with E-state index in [1.807, 2.05) is 19.1 Å². The Morgan fingerprint density at radius 3 is 2.79 bits per heavy atom. The van der Waals surface area contributed by atoms with Gasteiger partial charge >= 0.3 is 0 Å². The lowest BCUT2D eigenvalue weighted by atomic mass is 10.2. The molecule has 0 atom stereocenters. The third kappa shape index (κ3) is 4.11. The molecule has 2 rings (SSSR count). The maximum Gasteiger partial charge on any atom is 0.239 e. The summed E-state index contributed by atoms with van der Waals surface area (Å²) in [5, 5.41) is 6.85. The fourth-order valence-corrected chi connectivity index (χ4v) is 3.07. The Labute approximate surface area is 127 Å². The molecule has 0 spiro atoms. The van der Waals surface area contributed by atoms with Gasteiger partial charge in [-0.1, -0.05) is 24.4 Å². The van der Waals surface area contributed by atoms with Gasteiger partial charge in [0.05, 0.1) is 12.2 Å². The number of halogens is 2. The van der Waals surface area contributed by atoms with Gasteiger partial charge in [0.15, 0.2) is 0 Å². The van der Waals surface area contributed by atoms with E-state index in [0.717, 1.165) is 28.6 Å². The van der Waals surface area contributed by atoms with Crippen LogP contribution in [0.3, 0.4) is 0 Å². The molecule has 0 saturated heterocycles. The standard InChI is InChI=1S/C14H18BrClN2O/c1-9-6-11(15)13(7-12(9)16)17-8-14(19)18-10-4-2-3-5-10/h6-7,10,17H,2-5,8H2,1H3,(H,18,19). The van der Waals surface area contributed by atoms with Crippen LogP contribution in [0.2, 0.25) is 5.02 Å². The van der Waals surface area contributed by atoms with Gasteiger partial charge in [0.1, 0.15) is 0 Å². The van der Waals surface area contributed by atoms with Gasteiger partial charge in [0.25, 0.3) is 0 Å². The number of hydrogen-bond donors (Lipinski definition) is 2. The first-order valence-corrected chi connectivity index (χ1v) is 7.72. The van der Waals surface area contributed by atoms with E-state index < -0.39 is 0 Å². The SMILES string of the molecule is Cc1cc(Br)c(NCC(=O)NC2CCCC2)cc1Cl. The highest BCUT2D eigenvalue weighted by Gasteiger charge is 2.16. The van der Waals surface area contributed by atoms with Crippen molar-refractivity contribution < 1.29 is 4.79 Å². The average molecular weight is 346 g/mol. The molecular formula is C14H18BrClN2O. The van der Waals surface area contributed by atoms with Gasteiger partial charge in [-0.15, -0.1) is 0 Å². The zero-order valence-corrected chi connectivity index (χ0v) is 13.3. The van der Waals surface area contributed by atoms with E-state index in [-0.39, 0.29) is 12.5 Å². The monoisotopic (exact) mass is 344 g/mol. The summed E-state index contributed by atoms with van der Waals surface area (Å²) in [7, 11) is 0. The summed E-state index contributed by atoms with van der Waals surface area (Å²) in [6, 6.07) is 4.14. The minimum Gasteiger partial charge on any atom is -0.375 e. The third-order valence-electron chi connectivity index (χ3n) is 3.41. The van der Waals surface area contributed by atoms with Crippen molar-refractivity contribution in [2.24, 2.45) is 0 Å². The van der Waals surface area contributed by atoms with E-state index in [4.69, 9.17) is 11.6 Å². The van der Waals surface area contributed by atoms with Crippen LogP contribution in [0.4, 0.5) is 5.69 Å². The molecular weight excluding hydrogens is 328 g/mol. The fourth-order valence-electron chi connectivity index (χ4n) is 2.31. The van der Waals surface area contributed by atoms with Crippen LogP contribution in [0.1, 0.15) is 31.2 Å². The zero-order chi connectivity index (χ0) is 13.8. The van der Waals surface area contributed by atoms with Crippen molar-refractivity contribution in [1.29, 1.82) is 0 Å². The molecule has 5 heteroatoms. The quantitative estimate of drug-likeness (QED) is 0.869. The van der Waals surface area contributed by atoms with Gasteiger partial charge in [-0.25, -0.2) is 0 Å². The number of carbonyl (C=O) groups is 1. The first kappa shape index (κ1) is 14.7. The van der Waals surface area contributed by atoms with Crippen molar-refractivity contribution >= 4 is 39.1 Å². The highest BCUT2D eigenvalue weighted by molar-refractivity contribution is 9.10. The first-order chi connectivity index (χ1) is 9.06. The average Bonchev–Trinajstić information content (AvgIpc) is 2.85. The predicted molar refractivity (Wildman–Crippen MR) is 82.8 cm³/mol. The van der Waals surface area contributed by atoms with Crippen LogP contribution in [-0.2, 0) is 4.79 Å². The van der Waals surface area contributed by atoms with Crippen LogP contribution >= 0.6 is 27.5 Å². The lowest BCUT2D eigenvalue weighted by Gasteiger charge is -2.14. The molecule has 0 bridgehead atoms. The second-order valence-corrected chi connectivity index (χ2v) is 6.25. The maximum atomic E-state index is 11.8. The number of amides is 1. The van der Waals surface area contributed by atoms with Crippen molar-refractivity contribution in [2.75, 3.05) is 11.9 Å². The van der Waals surface area contributed by atoms with E-state index >= 15 is 0 Å². The highest BCUT2D eigenvalue weighted by Crippen LogP contribution is 2.29. The normalized spacial score (nSPS) is 15.5. The molecule has 2 N–H and O–H groups in total. The minimum atomic E-state index is 0.0375. The number of benzene rings is 1. The maximum absolute atomic E-state index is 11.8. The van der Waals surface area contributed by atoms with E-state index in [1.165, 1.54) is 12.8 Å². The summed E-state index contributed by atoms with van der Waals surface area (Å²) in [6.07, 6.45) is 4.65. The molecule has 0 heterocycles. The number of carbonyl (C=O) groups excluding carboxylic acids is 1. The molecule has 104 valence electrons. The first-order valence-electron chi connectivity index (χ1n) is 6.55. The van der Waals surface area contributed by atoms with Gasteiger partial charge < -0.3 is 10.6 Å². The molecule has 1 aliphatic rings. The van der Waals surface area contributed by atoms with Crippen molar-refractivity contribution in [2.45, 2.75) is 38.6 Å². The molecule has 1 aliphatic carbocycles. The van der Waals surface area contributed by atoms with E-state index in [2.05, 4.69) is 26.6 Å². The topological polar surface area (TPSA) is 41.1 Å². The van der Waals surface area contributed by atoms with Crippen molar-refractivity contribution in [3.63, 3.8) is 0 Å². The van der Waals surface area contributed by atoms with E-state index in [1.54, 1.807) is 0 Å². The van der Waals surface area contributed by atoms with Crippen LogP contribution in [-0.4, -0.2) is 18.5 Å². The Balaban J connectivity index is 1.87. The van der Waals surface area contributed by atoms with Gasteiger partial charge in [0, 0.05) is 15.5 Å². The molecule has 0 aliphatic heterocycles. The van der Waals surface area contributed by atoms with E-state index in [9.17, 15) is 4.79 Å². The number of rotatable bonds is 4. The molecule has 0 radical (unpaired) electrons. The van der Waals surface area contributed by atoms with Crippen molar-refractivity contribution in [1.82, 2.24) is 5.32 Å². The summed E-state index contributed by atoms with van der Waals surface area (Å²) in [5.41, 5.74) is 1.85. The summed E-state index contributed by atoms with van der Waals surface area (Å²) in [4.78, 5) is 11.8. The van der Waals surface area contributed by atoms with Crippen molar-refractivity contribution in [3.8, 4) is 0 Å². The Bertz CT molecular complexity index is 473. The number of hydrogen-bond acceptors (Lipinski definition) is 2. The van der Waals surface area contributed by atoms with Crippen LogP contribution < -0.4 is 10.6 Å². The van der Waals surface area contributed by atoms with E-state index in [0.29, 0.717) is 11.1 Å². The summed E-state index contributed by atoms with van der Waals surface area (Å²) >= 11 is 9.54. The lowest BCUT2D eigenvalue weighted by molar-refractivity contribution is -0.120. The molecule has 19 heavy (non-hydrogen) atoms. The number of nitrogens with one attached hydrogen (secondary N) is 2. The molecule has 0 unspecified atom stereocenters. The third-order valence-corrected chi connectivity index (χ3v) is 4.47. The molecule has 3 nitrogen and oxygen atoms in total. The van der Waals surface area contributed by atoms with Crippen LogP contribution in [0, 0.1) is 6.92 Å². The molecule has 1 aromatic rings. The molecule has 1 amide bonds. The smallest absolute Gasteiger partial charge is 0.239 e. The Morgan fingerprint density at radius 2 is 2.11 bits per heavy atom. The Hall–Kier alpha value is -0.740. The summed E-state index contributed by atoms with van der Waals surface area (Å²) < 4.78 is 0.920. The second kappa shape index (κ2) is 6.62. The second-order valence-electron chi connectivity index (χ2n) is 4.98. The van der Waals surface area contributed by atoms with Crippen LogP contribution in [0.5, 0.6) is 0 Å². The highest BCUT2D eigenvalue weighted by atomic mass is 79.9. The van der Waals surface area contributed by atoms with Crippen molar-refractivity contribution in [3.05, 3.63) is 27.2 Å². The minimum absolute atomic E-state index is 0.0375. The van der Waals surface area contributed by atoms with Gasteiger partial charge in [-0.2, -0.15) is 0 Å². The number of aryl methyl sites for hydroxylation is 1. The Kier molecular flexibility index (Phi) is 5.11. The molecule has 0 aromatic heterocycles. The summed E-state index contributed by atoms with van der Waals surface area (Å²) in [5.74, 6) is 0.0375. The Morgan fingerprint density at radius 1 is 1.42 bits per heavy atom. The van der Waals surface area contributed by atoms with Gasteiger partial charge in [-0.3, -0.25) is 4.79 Å². The largest absolute Gasteiger partial charge is 0.375 e. The number of anilines is 1. The van der Waals surface area contributed by atoms with Crippen LogP contribution in [0.15, 0.2) is 16.6 Å². The fraction of sp³-hybridized carbons (Fsp3) is 0.500. The molecule has 1 aromatic carbocycles. The molecule has 1 fully saturated rings. The zero-order valence-electron chi connectivity index (χ0n) is 10.9. The van der Waals surface area contributed by atoms with Gasteiger partial charge in [0.2, 0.25) is 5.91 Å². The van der Waals surface area contributed by atoms with Gasteiger partial charge in [-0.05, 0) is 53.4 Å².